The number of rotatable bonds is 8. The van der Waals surface area contributed by atoms with Crippen LogP contribution in [0.1, 0.15) is 20.8 Å². The van der Waals surface area contributed by atoms with Crippen molar-refractivity contribution in [2.75, 3.05) is 6.54 Å². The van der Waals surface area contributed by atoms with Crippen molar-refractivity contribution in [3.05, 3.63) is 98.3 Å². The van der Waals surface area contributed by atoms with E-state index >= 15 is 0 Å². The number of amides is 2. The van der Waals surface area contributed by atoms with Gasteiger partial charge in [0.2, 0.25) is 0 Å². The Bertz CT molecular complexity index is 1360. The van der Waals surface area contributed by atoms with Crippen molar-refractivity contribution in [1.29, 1.82) is 0 Å². The van der Waals surface area contributed by atoms with Gasteiger partial charge in [0.1, 0.15) is 17.2 Å². The second kappa shape index (κ2) is 11.3. The standard InChI is InChI=1S/C25H19BrClN3O3S/c26-20-11-10-18(33-15-16-6-2-1-3-7-16)12-17(20)13-29-30-22(31)14-28-25(32)24-23(27)19-8-4-5-9-21(19)34-24/h1-13H,14-15H2,(H,28,32)(H,30,31). The lowest BCUT2D eigenvalue weighted by Gasteiger charge is -2.08. The zero-order valence-electron chi connectivity index (χ0n) is 17.8. The molecule has 6 nitrogen and oxygen atoms in total. The quantitative estimate of drug-likeness (QED) is 0.213. The van der Waals surface area contributed by atoms with Crippen molar-refractivity contribution in [3.8, 4) is 5.75 Å². The fourth-order valence-electron chi connectivity index (χ4n) is 3.07. The zero-order chi connectivity index (χ0) is 23.9. The first kappa shape index (κ1) is 23.9. The van der Waals surface area contributed by atoms with Crippen molar-refractivity contribution >= 4 is 67.0 Å². The smallest absolute Gasteiger partial charge is 0.263 e. The lowest BCUT2D eigenvalue weighted by molar-refractivity contribution is -0.120. The van der Waals surface area contributed by atoms with Crippen molar-refractivity contribution < 1.29 is 14.3 Å². The monoisotopic (exact) mass is 555 g/mol. The van der Waals surface area contributed by atoms with E-state index < -0.39 is 11.8 Å². The summed E-state index contributed by atoms with van der Waals surface area (Å²) in [5, 5.41) is 7.75. The van der Waals surface area contributed by atoms with Gasteiger partial charge in [-0.3, -0.25) is 9.59 Å². The lowest BCUT2D eigenvalue weighted by atomic mass is 10.2. The van der Waals surface area contributed by atoms with E-state index in [1.165, 1.54) is 17.6 Å². The van der Waals surface area contributed by atoms with Gasteiger partial charge in [0, 0.05) is 20.1 Å². The molecule has 34 heavy (non-hydrogen) atoms. The maximum Gasteiger partial charge on any atom is 0.263 e. The van der Waals surface area contributed by atoms with E-state index in [9.17, 15) is 9.59 Å². The summed E-state index contributed by atoms with van der Waals surface area (Å²) >= 11 is 11.1. The number of thiophene rings is 1. The molecule has 1 heterocycles. The van der Waals surface area contributed by atoms with Crippen molar-refractivity contribution in [3.63, 3.8) is 0 Å². The summed E-state index contributed by atoms with van der Waals surface area (Å²) in [6.07, 6.45) is 1.50. The normalized spacial score (nSPS) is 11.0. The molecule has 0 bridgehead atoms. The first-order chi connectivity index (χ1) is 16.5. The number of halogens is 2. The van der Waals surface area contributed by atoms with Gasteiger partial charge in [0.05, 0.1) is 17.8 Å². The van der Waals surface area contributed by atoms with E-state index in [-0.39, 0.29) is 6.54 Å². The topological polar surface area (TPSA) is 79.8 Å². The van der Waals surface area contributed by atoms with Crippen LogP contribution in [0.5, 0.6) is 5.75 Å². The van der Waals surface area contributed by atoms with Crippen LogP contribution in [0, 0.1) is 0 Å². The Morgan fingerprint density at radius 2 is 1.82 bits per heavy atom. The molecule has 0 atom stereocenters. The summed E-state index contributed by atoms with van der Waals surface area (Å²) in [6.45, 7) is 0.210. The Morgan fingerprint density at radius 1 is 1.06 bits per heavy atom. The summed E-state index contributed by atoms with van der Waals surface area (Å²) in [4.78, 5) is 25.0. The number of ether oxygens (including phenoxy) is 1. The van der Waals surface area contributed by atoms with Gasteiger partial charge < -0.3 is 10.1 Å². The Balaban J connectivity index is 1.30. The molecule has 0 spiro atoms. The van der Waals surface area contributed by atoms with Gasteiger partial charge in [-0.15, -0.1) is 11.3 Å². The molecule has 0 aliphatic rings. The van der Waals surface area contributed by atoms with Gasteiger partial charge in [0.25, 0.3) is 11.8 Å². The number of benzene rings is 3. The van der Waals surface area contributed by atoms with Gasteiger partial charge in [-0.2, -0.15) is 5.10 Å². The Hall–Kier alpha value is -3.20. The zero-order valence-corrected chi connectivity index (χ0v) is 20.9. The molecule has 0 fully saturated rings. The summed E-state index contributed by atoms with van der Waals surface area (Å²) in [5.41, 5.74) is 4.20. The highest BCUT2D eigenvalue weighted by atomic mass is 79.9. The molecule has 1 aromatic heterocycles. The predicted octanol–water partition coefficient (Wildman–Crippen LogP) is 5.78. The lowest BCUT2D eigenvalue weighted by Crippen LogP contribution is -2.34. The minimum absolute atomic E-state index is 0.234. The molecule has 0 aliphatic heterocycles. The summed E-state index contributed by atoms with van der Waals surface area (Å²) in [5.74, 6) is -0.196. The number of nitrogens with zero attached hydrogens (tertiary/aromatic N) is 1. The number of hydrogen-bond donors (Lipinski definition) is 2. The Kier molecular flexibility index (Phi) is 7.95. The van der Waals surface area contributed by atoms with Crippen LogP contribution in [0.3, 0.4) is 0 Å². The van der Waals surface area contributed by atoms with Gasteiger partial charge in [0.15, 0.2) is 0 Å². The van der Waals surface area contributed by atoms with Crippen LogP contribution >= 0.6 is 38.9 Å². The van der Waals surface area contributed by atoms with Crippen molar-refractivity contribution in [2.45, 2.75) is 6.61 Å². The van der Waals surface area contributed by atoms with E-state index in [4.69, 9.17) is 16.3 Å². The minimum Gasteiger partial charge on any atom is -0.489 e. The first-order valence-electron chi connectivity index (χ1n) is 10.2. The molecule has 4 aromatic rings. The van der Waals surface area contributed by atoms with Crippen molar-refractivity contribution in [2.24, 2.45) is 5.10 Å². The van der Waals surface area contributed by atoms with E-state index in [1.54, 1.807) is 0 Å². The summed E-state index contributed by atoms with van der Waals surface area (Å²) in [7, 11) is 0. The van der Waals surface area contributed by atoms with Crippen LogP contribution in [-0.2, 0) is 11.4 Å². The fraction of sp³-hybridized carbons (Fsp3) is 0.0800. The molecular formula is C25H19BrClN3O3S. The SMILES string of the molecule is O=C(CNC(=O)c1sc2ccccc2c1Cl)NN=Cc1cc(OCc2ccccc2)ccc1Br. The van der Waals surface area contributed by atoms with Crippen LogP contribution in [0.15, 0.2) is 82.4 Å². The van der Waals surface area contributed by atoms with Crippen LogP contribution < -0.4 is 15.5 Å². The van der Waals surface area contributed by atoms with E-state index in [2.05, 4.69) is 31.8 Å². The third kappa shape index (κ3) is 6.02. The molecule has 0 aliphatic carbocycles. The largest absolute Gasteiger partial charge is 0.489 e. The number of nitrogens with one attached hydrogen (secondary N) is 2. The number of fused-ring (bicyclic) bond motifs is 1. The molecule has 9 heteroatoms. The molecule has 0 unspecified atom stereocenters. The molecule has 2 amide bonds. The predicted molar refractivity (Wildman–Crippen MR) is 140 cm³/mol. The highest BCUT2D eigenvalue weighted by Gasteiger charge is 2.17. The molecular weight excluding hydrogens is 538 g/mol. The van der Waals surface area contributed by atoms with Crippen LogP contribution in [-0.4, -0.2) is 24.6 Å². The molecule has 0 radical (unpaired) electrons. The second-order valence-corrected chi connectivity index (χ2v) is 9.46. The van der Waals surface area contributed by atoms with Crippen molar-refractivity contribution in [1.82, 2.24) is 10.7 Å². The second-order valence-electron chi connectivity index (χ2n) is 7.17. The minimum atomic E-state index is -0.463. The molecule has 0 saturated heterocycles. The first-order valence-corrected chi connectivity index (χ1v) is 12.2. The number of hydrazone groups is 1. The molecule has 3 aromatic carbocycles. The average molecular weight is 557 g/mol. The van der Waals surface area contributed by atoms with Gasteiger partial charge in [-0.25, -0.2) is 5.43 Å². The molecule has 172 valence electrons. The van der Waals surface area contributed by atoms with Crippen LogP contribution in [0.25, 0.3) is 10.1 Å². The maximum atomic E-state index is 12.5. The fourth-order valence-corrected chi connectivity index (χ4v) is 4.85. The Morgan fingerprint density at radius 3 is 2.62 bits per heavy atom. The van der Waals surface area contributed by atoms with E-state index in [1.807, 2.05) is 72.8 Å². The van der Waals surface area contributed by atoms with Gasteiger partial charge in [-0.1, -0.05) is 76.1 Å². The molecule has 2 N–H and O–H groups in total. The number of carbonyl (C=O) groups excluding carboxylic acids is 2. The highest BCUT2D eigenvalue weighted by molar-refractivity contribution is 9.10. The Labute approximate surface area is 213 Å². The average Bonchev–Trinajstić information content (AvgIpc) is 3.20. The highest BCUT2D eigenvalue weighted by Crippen LogP contribution is 2.34. The number of hydrogen-bond acceptors (Lipinski definition) is 5. The van der Waals surface area contributed by atoms with Crippen LogP contribution in [0.4, 0.5) is 0 Å². The summed E-state index contributed by atoms with van der Waals surface area (Å²) < 4.78 is 7.53. The molecule has 4 rings (SSSR count). The third-order valence-corrected chi connectivity index (χ3v) is 7.16. The van der Waals surface area contributed by atoms with Gasteiger partial charge >= 0.3 is 0 Å². The third-order valence-electron chi connectivity index (χ3n) is 4.76. The number of carbonyl (C=O) groups is 2. The van der Waals surface area contributed by atoms with E-state index in [0.717, 1.165) is 25.7 Å². The summed E-state index contributed by atoms with van der Waals surface area (Å²) in [6, 6.07) is 22.8. The van der Waals surface area contributed by atoms with E-state index in [0.29, 0.717) is 22.3 Å². The maximum absolute atomic E-state index is 12.5. The van der Waals surface area contributed by atoms with Crippen LogP contribution in [0.2, 0.25) is 5.02 Å². The molecule has 0 saturated carbocycles. The van der Waals surface area contributed by atoms with Gasteiger partial charge in [-0.05, 0) is 29.8 Å².